The molecule has 0 unspecified atom stereocenters. The Kier molecular flexibility index (Phi) is 4.50. The summed E-state index contributed by atoms with van der Waals surface area (Å²) in [7, 11) is 1.87. The Morgan fingerprint density at radius 3 is 2.65 bits per heavy atom. The number of amides is 1. The highest BCUT2D eigenvalue weighted by molar-refractivity contribution is 5.76. The molecule has 0 radical (unpaired) electrons. The number of halogens is 1. The van der Waals surface area contributed by atoms with E-state index >= 15 is 0 Å². The fourth-order valence-electron chi connectivity index (χ4n) is 2.07. The lowest BCUT2D eigenvalue weighted by Gasteiger charge is -2.19. The molecule has 0 aliphatic rings. The normalized spacial score (nSPS) is 12.2. The molecular formula is C15H18FN3O. The summed E-state index contributed by atoms with van der Waals surface area (Å²) in [6, 6.07) is 5.74. The Morgan fingerprint density at radius 1 is 1.40 bits per heavy atom. The van der Waals surface area contributed by atoms with Crippen LogP contribution in [0.4, 0.5) is 4.39 Å². The number of aryl methyl sites for hydroxylation is 1. The Balaban J connectivity index is 2.31. The number of rotatable bonds is 5. The maximum Gasteiger partial charge on any atom is 0.220 e. The molecule has 5 heteroatoms. The number of imidazole rings is 1. The van der Waals surface area contributed by atoms with E-state index in [0.29, 0.717) is 6.42 Å². The van der Waals surface area contributed by atoms with Gasteiger partial charge in [-0.2, -0.15) is 0 Å². The van der Waals surface area contributed by atoms with Crippen LogP contribution in [0.2, 0.25) is 0 Å². The van der Waals surface area contributed by atoms with E-state index in [1.54, 1.807) is 18.3 Å². The first-order chi connectivity index (χ1) is 9.61. The summed E-state index contributed by atoms with van der Waals surface area (Å²) in [5.41, 5.74) is 0.810. The van der Waals surface area contributed by atoms with E-state index in [1.807, 2.05) is 24.7 Å². The molecule has 0 aliphatic heterocycles. The third kappa shape index (κ3) is 3.23. The van der Waals surface area contributed by atoms with Gasteiger partial charge < -0.3 is 9.88 Å². The molecule has 2 rings (SSSR count). The zero-order valence-corrected chi connectivity index (χ0v) is 11.6. The quantitative estimate of drug-likeness (QED) is 0.911. The number of aromatic nitrogens is 2. The minimum Gasteiger partial charge on any atom is -0.342 e. The predicted molar refractivity (Wildman–Crippen MR) is 74.5 cm³/mol. The first-order valence-electron chi connectivity index (χ1n) is 6.64. The van der Waals surface area contributed by atoms with Crippen molar-refractivity contribution in [3.05, 3.63) is 53.9 Å². The van der Waals surface area contributed by atoms with Crippen LogP contribution in [0.3, 0.4) is 0 Å². The van der Waals surface area contributed by atoms with Gasteiger partial charge in [0.15, 0.2) is 0 Å². The van der Waals surface area contributed by atoms with Gasteiger partial charge in [0.25, 0.3) is 0 Å². The van der Waals surface area contributed by atoms with Crippen LogP contribution >= 0.6 is 0 Å². The summed E-state index contributed by atoms with van der Waals surface area (Å²) >= 11 is 0. The molecule has 0 saturated carbocycles. The minimum atomic E-state index is -0.366. The van der Waals surface area contributed by atoms with Crippen LogP contribution in [0.15, 0.2) is 36.7 Å². The third-order valence-electron chi connectivity index (χ3n) is 3.10. The standard InChI is InChI=1S/C15H18FN3O/c1-3-4-13(20)18-14(15-17-9-10-19(15)2)11-5-7-12(16)8-6-11/h5-10,14H,3-4H2,1-2H3,(H,18,20)/t14-/m1/s1. The van der Waals surface area contributed by atoms with Gasteiger partial charge in [0.05, 0.1) is 0 Å². The smallest absolute Gasteiger partial charge is 0.220 e. The molecule has 4 nitrogen and oxygen atoms in total. The summed E-state index contributed by atoms with van der Waals surface area (Å²) in [6.07, 6.45) is 4.74. The molecule has 0 spiro atoms. The molecule has 0 bridgehead atoms. The highest BCUT2D eigenvalue weighted by atomic mass is 19.1. The Bertz CT molecular complexity index is 577. The number of benzene rings is 1. The molecule has 0 saturated heterocycles. The lowest BCUT2D eigenvalue weighted by molar-refractivity contribution is -0.121. The molecule has 0 aliphatic carbocycles. The maximum atomic E-state index is 13.0. The summed E-state index contributed by atoms with van der Waals surface area (Å²) < 4.78 is 14.9. The van der Waals surface area contributed by atoms with E-state index in [-0.39, 0.29) is 17.8 Å². The summed E-state index contributed by atoms with van der Waals surface area (Å²) in [5, 5.41) is 2.95. The largest absolute Gasteiger partial charge is 0.342 e. The molecule has 0 fully saturated rings. The number of hydrogen-bond acceptors (Lipinski definition) is 2. The van der Waals surface area contributed by atoms with E-state index in [1.165, 1.54) is 12.1 Å². The monoisotopic (exact) mass is 275 g/mol. The van der Waals surface area contributed by atoms with Crippen molar-refractivity contribution in [2.24, 2.45) is 7.05 Å². The summed E-state index contributed by atoms with van der Waals surface area (Å²) in [5.74, 6) is 0.387. The number of carbonyl (C=O) groups excluding carboxylic acids is 1. The lowest BCUT2D eigenvalue weighted by Crippen LogP contribution is -2.30. The minimum absolute atomic E-state index is 0.0372. The van der Waals surface area contributed by atoms with Gasteiger partial charge in [-0.15, -0.1) is 0 Å². The van der Waals surface area contributed by atoms with Crippen LogP contribution in [-0.4, -0.2) is 15.5 Å². The van der Waals surface area contributed by atoms with E-state index in [4.69, 9.17) is 0 Å². The second kappa shape index (κ2) is 6.32. The van der Waals surface area contributed by atoms with E-state index < -0.39 is 0 Å². The van der Waals surface area contributed by atoms with E-state index in [0.717, 1.165) is 17.8 Å². The second-order valence-corrected chi connectivity index (χ2v) is 4.70. The van der Waals surface area contributed by atoms with Crippen molar-refractivity contribution >= 4 is 5.91 Å². The molecule has 1 atom stereocenters. The lowest BCUT2D eigenvalue weighted by atomic mass is 10.1. The van der Waals surface area contributed by atoms with Crippen LogP contribution in [0.1, 0.15) is 37.2 Å². The molecule has 2 aromatic rings. The Hall–Kier alpha value is -2.17. The molecule has 1 aromatic heterocycles. The van der Waals surface area contributed by atoms with Crippen molar-refractivity contribution in [1.82, 2.24) is 14.9 Å². The van der Waals surface area contributed by atoms with Crippen molar-refractivity contribution in [3.63, 3.8) is 0 Å². The van der Waals surface area contributed by atoms with E-state index in [9.17, 15) is 9.18 Å². The van der Waals surface area contributed by atoms with Crippen molar-refractivity contribution < 1.29 is 9.18 Å². The Morgan fingerprint density at radius 2 is 2.10 bits per heavy atom. The van der Waals surface area contributed by atoms with Crippen LogP contribution in [0, 0.1) is 5.82 Å². The number of nitrogens with zero attached hydrogens (tertiary/aromatic N) is 2. The van der Waals surface area contributed by atoms with Gasteiger partial charge >= 0.3 is 0 Å². The molecular weight excluding hydrogens is 257 g/mol. The summed E-state index contributed by atoms with van der Waals surface area (Å²) in [6.45, 7) is 1.95. The zero-order valence-electron chi connectivity index (χ0n) is 11.6. The van der Waals surface area contributed by atoms with Crippen molar-refractivity contribution in [2.45, 2.75) is 25.8 Å². The van der Waals surface area contributed by atoms with Crippen molar-refractivity contribution in [2.75, 3.05) is 0 Å². The maximum absolute atomic E-state index is 13.0. The van der Waals surface area contributed by atoms with E-state index in [2.05, 4.69) is 10.3 Å². The first kappa shape index (κ1) is 14.2. The number of carbonyl (C=O) groups is 1. The highest BCUT2D eigenvalue weighted by Crippen LogP contribution is 2.21. The SMILES string of the molecule is CCCC(=O)N[C@H](c1ccc(F)cc1)c1nccn1C. The van der Waals surface area contributed by atoms with Crippen LogP contribution in [0.5, 0.6) is 0 Å². The molecule has 106 valence electrons. The molecule has 1 amide bonds. The van der Waals surface area contributed by atoms with Gasteiger partial charge in [0.2, 0.25) is 5.91 Å². The van der Waals surface area contributed by atoms with Gasteiger partial charge in [0.1, 0.15) is 17.7 Å². The van der Waals surface area contributed by atoms with Gasteiger partial charge in [-0.3, -0.25) is 4.79 Å². The van der Waals surface area contributed by atoms with Gasteiger partial charge in [-0.25, -0.2) is 9.37 Å². The second-order valence-electron chi connectivity index (χ2n) is 4.70. The van der Waals surface area contributed by atoms with Crippen molar-refractivity contribution in [1.29, 1.82) is 0 Å². The third-order valence-corrected chi connectivity index (χ3v) is 3.10. The molecule has 1 aromatic carbocycles. The molecule has 20 heavy (non-hydrogen) atoms. The summed E-state index contributed by atoms with van der Waals surface area (Å²) in [4.78, 5) is 16.2. The molecule has 1 heterocycles. The van der Waals surface area contributed by atoms with Gasteiger partial charge in [-0.1, -0.05) is 19.1 Å². The average molecular weight is 275 g/mol. The first-order valence-corrected chi connectivity index (χ1v) is 6.64. The molecule has 1 N–H and O–H groups in total. The predicted octanol–water partition coefficient (Wildman–Crippen LogP) is 2.56. The van der Waals surface area contributed by atoms with Crippen LogP contribution in [0.25, 0.3) is 0 Å². The highest BCUT2D eigenvalue weighted by Gasteiger charge is 2.20. The topological polar surface area (TPSA) is 46.9 Å². The fourth-order valence-corrected chi connectivity index (χ4v) is 2.07. The van der Waals surface area contributed by atoms with Crippen molar-refractivity contribution in [3.8, 4) is 0 Å². The number of hydrogen-bond donors (Lipinski definition) is 1. The average Bonchev–Trinajstić information content (AvgIpc) is 2.84. The van der Waals surface area contributed by atoms with Gasteiger partial charge in [-0.05, 0) is 24.1 Å². The van der Waals surface area contributed by atoms with Gasteiger partial charge in [0, 0.05) is 25.9 Å². The van der Waals surface area contributed by atoms with Crippen LogP contribution in [-0.2, 0) is 11.8 Å². The zero-order chi connectivity index (χ0) is 14.5. The van der Waals surface area contributed by atoms with Crippen LogP contribution < -0.4 is 5.32 Å². The Labute approximate surface area is 117 Å². The number of nitrogens with one attached hydrogen (secondary N) is 1. The fraction of sp³-hybridized carbons (Fsp3) is 0.333.